The van der Waals surface area contributed by atoms with Crippen LogP contribution >= 0.6 is 0 Å². The van der Waals surface area contributed by atoms with E-state index in [9.17, 15) is 9.59 Å². The number of nitrogen functional groups attached to an aromatic ring is 1. The van der Waals surface area contributed by atoms with E-state index in [0.717, 1.165) is 28.1 Å². The first-order chi connectivity index (χ1) is 14.5. The van der Waals surface area contributed by atoms with Crippen molar-refractivity contribution in [2.75, 3.05) is 11.1 Å². The first-order valence-corrected chi connectivity index (χ1v) is 9.60. The number of hydrogen-bond donors (Lipinski definition) is 3. The van der Waals surface area contributed by atoms with Gasteiger partial charge in [0.05, 0.1) is 6.54 Å². The second kappa shape index (κ2) is 6.80. The lowest BCUT2D eigenvalue weighted by Crippen LogP contribution is -2.41. The van der Waals surface area contributed by atoms with E-state index >= 15 is 0 Å². The molecule has 4 N–H and O–H groups in total. The van der Waals surface area contributed by atoms with Crippen LogP contribution in [0, 0.1) is 0 Å². The third-order valence-corrected chi connectivity index (χ3v) is 5.45. The van der Waals surface area contributed by atoms with Crippen molar-refractivity contribution in [3.8, 4) is 0 Å². The molecule has 3 aromatic rings. The minimum Gasteiger partial charge on any atom is -0.368 e. The monoisotopic (exact) mass is 401 g/mol. The largest absolute Gasteiger partial charge is 0.368 e. The molecule has 30 heavy (non-hydrogen) atoms. The molecule has 150 valence electrons. The molecule has 1 fully saturated rings. The van der Waals surface area contributed by atoms with Crippen LogP contribution in [0.4, 0.5) is 22.4 Å². The zero-order chi connectivity index (χ0) is 20.7. The van der Waals surface area contributed by atoms with Crippen LogP contribution in [0.3, 0.4) is 0 Å². The average Bonchev–Trinajstić information content (AvgIpc) is 3.22. The Bertz CT molecular complexity index is 1150. The van der Waals surface area contributed by atoms with Crippen LogP contribution in [0.2, 0.25) is 0 Å². The molecule has 1 saturated heterocycles. The highest BCUT2D eigenvalue weighted by Crippen LogP contribution is 2.41. The average molecular weight is 401 g/mol. The third-order valence-electron chi connectivity index (χ3n) is 5.45. The number of urea groups is 1. The summed E-state index contributed by atoms with van der Waals surface area (Å²) in [5.41, 5.74) is 7.53. The Hall–Kier alpha value is -4.01. The first-order valence-electron chi connectivity index (χ1n) is 9.60. The molecule has 1 aliphatic carbocycles. The Labute approximate surface area is 172 Å². The van der Waals surface area contributed by atoms with Gasteiger partial charge >= 0.3 is 6.03 Å². The molecule has 1 aliphatic heterocycles. The van der Waals surface area contributed by atoms with E-state index in [1.54, 1.807) is 0 Å². The normalized spacial score (nSPS) is 19.8. The maximum atomic E-state index is 13.3. The Kier molecular flexibility index (Phi) is 4.09. The summed E-state index contributed by atoms with van der Waals surface area (Å²) in [6.45, 7) is -0.0925. The van der Waals surface area contributed by atoms with Crippen molar-refractivity contribution in [2.24, 2.45) is 0 Å². The first kappa shape index (κ1) is 18.0. The summed E-state index contributed by atoms with van der Waals surface area (Å²) in [5.74, 6) is 0.185. The molecule has 1 aromatic heterocycles. The van der Waals surface area contributed by atoms with E-state index in [1.807, 2.05) is 54.6 Å². The summed E-state index contributed by atoms with van der Waals surface area (Å²) < 4.78 is 0. The number of hydrogen-bond acceptors (Lipinski definition) is 7. The predicted octanol–water partition coefficient (Wildman–Crippen LogP) is 2.09. The number of anilines is 3. The van der Waals surface area contributed by atoms with Crippen molar-refractivity contribution in [1.82, 2.24) is 25.2 Å². The number of amides is 3. The highest BCUT2D eigenvalue weighted by molar-refractivity contribution is 6.08. The van der Waals surface area contributed by atoms with Gasteiger partial charge in [0, 0.05) is 5.69 Å². The van der Waals surface area contributed by atoms with Crippen LogP contribution < -0.4 is 16.4 Å². The number of aromatic nitrogens is 3. The van der Waals surface area contributed by atoms with Gasteiger partial charge in [-0.2, -0.15) is 15.0 Å². The topological polar surface area (TPSA) is 126 Å². The number of rotatable bonds is 4. The van der Waals surface area contributed by atoms with Gasteiger partial charge in [-0.1, -0.05) is 42.5 Å². The summed E-state index contributed by atoms with van der Waals surface area (Å²) in [6.07, 6.45) is 1.27. The second-order valence-corrected chi connectivity index (χ2v) is 7.31. The third kappa shape index (κ3) is 2.91. The molecule has 0 unspecified atom stereocenters. The van der Waals surface area contributed by atoms with Crippen molar-refractivity contribution < 1.29 is 9.59 Å². The fourth-order valence-electron chi connectivity index (χ4n) is 4.09. The molecular formula is C21H19N7O2. The number of carbonyl (C=O) groups excluding carboxylic acids is 2. The lowest BCUT2D eigenvalue weighted by atomic mass is 9.92. The number of nitrogens with two attached hydrogens (primary N) is 1. The van der Waals surface area contributed by atoms with E-state index < -0.39 is 11.6 Å². The fraction of sp³-hybridized carbons (Fsp3) is 0.190. The van der Waals surface area contributed by atoms with Gasteiger partial charge in [0.2, 0.25) is 11.9 Å². The zero-order valence-electron chi connectivity index (χ0n) is 16.0. The lowest BCUT2D eigenvalue weighted by Gasteiger charge is -2.22. The number of fused-ring (bicyclic) bond motifs is 2. The molecular weight excluding hydrogens is 382 g/mol. The van der Waals surface area contributed by atoms with Crippen molar-refractivity contribution in [2.45, 2.75) is 24.9 Å². The highest BCUT2D eigenvalue weighted by Gasteiger charge is 2.55. The van der Waals surface area contributed by atoms with E-state index in [1.165, 1.54) is 0 Å². The number of nitrogens with one attached hydrogen (secondary N) is 2. The molecule has 2 aliphatic rings. The lowest BCUT2D eigenvalue weighted by molar-refractivity contribution is -0.132. The van der Waals surface area contributed by atoms with E-state index in [4.69, 9.17) is 5.73 Å². The molecule has 1 atom stereocenters. The van der Waals surface area contributed by atoms with Crippen LogP contribution in [0.1, 0.15) is 23.4 Å². The molecule has 9 heteroatoms. The molecule has 1 spiro atoms. The van der Waals surface area contributed by atoms with Crippen LogP contribution in [-0.2, 0) is 23.3 Å². The Morgan fingerprint density at radius 1 is 1.03 bits per heavy atom. The van der Waals surface area contributed by atoms with Crippen molar-refractivity contribution >= 4 is 29.5 Å². The van der Waals surface area contributed by atoms with Gasteiger partial charge in [-0.15, -0.1) is 0 Å². The van der Waals surface area contributed by atoms with Gasteiger partial charge in [0.1, 0.15) is 5.54 Å². The van der Waals surface area contributed by atoms with Crippen LogP contribution in [0.25, 0.3) is 0 Å². The Balaban J connectivity index is 1.41. The number of imide groups is 1. The van der Waals surface area contributed by atoms with Crippen molar-refractivity contribution in [3.05, 3.63) is 71.5 Å². The minimum absolute atomic E-state index is 0.00594. The summed E-state index contributed by atoms with van der Waals surface area (Å²) in [6, 6.07) is 16.6. The predicted molar refractivity (Wildman–Crippen MR) is 109 cm³/mol. The smallest absolute Gasteiger partial charge is 0.325 e. The number of para-hydroxylation sites is 1. The molecule has 2 aromatic carbocycles. The number of nitrogens with zero attached hydrogens (tertiary/aromatic N) is 4. The standard InChI is InChI=1S/C21H19N7O2/c22-18-24-16(25-19(26-18)23-14-7-2-1-3-8-14)12-28-17(29)21(27-20(28)30)11-10-13-6-4-5-9-15(13)21/h1-9H,10-12H2,(H,27,30)(H3,22,23,24,25,26)/t21-/m0/s1. The van der Waals surface area contributed by atoms with E-state index in [-0.39, 0.29) is 30.2 Å². The quantitative estimate of drug-likeness (QED) is 0.572. The number of benzene rings is 2. The highest BCUT2D eigenvalue weighted by atomic mass is 16.2. The molecule has 9 nitrogen and oxygen atoms in total. The zero-order valence-corrected chi connectivity index (χ0v) is 16.0. The van der Waals surface area contributed by atoms with Crippen molar-refractivity contribution in [3.63, 3.8) is 0 Å². The van der Waals surface area contributed by atoms with E-state index in [0.29, 0.717) is 6.42 Å². The van der Waals surface area contributed by atoms with Gasteiger partial charge in [0.25, 0.3) is 5.91 Å². The summed E-state index contributed by atoms with van der Waals surface area (Å²) in [4.78, 5) is 39.7. The summed E-state index contributed by atoms with van der Waals surface area (Å²) in [7, 11) is 0. The maximum Gasteiger partial charge on any atom is 0.325 e. The SMILES string of the molecule is Nc1nc(CN2C(=O)N[C@]3(CCc4ccccc43)C2=O)nc(Nc2ccccc2)n1. The molecule has 3 amide bonds. The Morgan fingerprint density at radius 2 is 1.80 bits per heavy atom. The molecule has 5 rings (SSSR count). The van der Waals surface area contributed by atoms with Gasteiger partial charge in [-0.05, 0) is 36.1 Å². The van der Waals surface area contributed by atoms with Crippen LogP contribution in [-0.4, -0.2) is 31.8 Å². The van der Waals surface area contributed by atoms with Crippen LogP contribution in [0.5, 0.6) is 0 Å². The van der Waals surface area contributed by atoms with Gasteiger partial charge in [-0.3, -0.25) is 9.69 Å². The summed E-state index contributed by atoms with van der Waals surface area (Å²) in [5, 5.41) is 5.94. The Morgan fingerprint density at radius 3 is 2.63 bits per heavy atom. The van der Waals surface area contributed by atoms with E-state index in [2.05, 4.69) is 25.6 Å². The van der Waals surface area contributed by atoms with Gasteiger partial charge < -0.3 is 16.4 Å². The molecule has 2 heterocycles. The molecule has 0 radical (unpaired) electrons. The number of carbonyl (C=O) groups is 2. The maximum absolute atomic E-state index is 13.3. The number of aryl methyl sites for hydroxylation is 1. The summed E-state index contributed by atoms with van der Waals surface area (Å²) >= 11 is 0. The molecule has 0 saturated carbocycles. The van der Waals surface area contributed by atoms with Gasteiger partial charge in [0.15, 0.2) is 5.82 Å². The minimum atomic E-state index is -1.02. The second-order valence-electron chi connectivity index (χ2n) is 7.31. The van der Waals surface area contributed by atoms with Crippen LogP contribution in [0.15, 0.2) is 54.6 Å². The molecule has 0 bridgehead atoms. The fourth-order valence-corrected chi connectivity index (χ4v) is 4.09. The van der Waals surface area contributed by atoms with Gasteiger partial charge in [-0.25, -0.2) is 4.79 Å². The van der Waals surface area contributed by atoms with Crippen molar-refractivity contribution in [1.29, 1.82) is 0 Å².